The molecule has 0 spiro atoms. The Kier molecular flexibility index (Phi) is 3.85. The van der Waals surface area contributed by atoms with Gasteiger partial charge in [0.2, 0.25) is 0 Å². The second-order valence-electron chi connectivity index (χ2n) is 6.38. The van der Waals surface area contributed by atoms with Crippen molar-refractivity contribution in [3.63, 3.8) is 0 Å². The first kappa shape index (κ1) is 17.2. The highest BCUT2D eigenvalue weighted by Gasteiger charge is 2.36. The number of thiazole rings is 1. The zero-order valence-corrected chi connectivity index (χ0v) is 16.2. The lowest BCUT2D eigenvalue weighted by Crippen LogP contribution is -2.33. The Morgan fingerprint density at radius 1 is 1.04 bits per heavy atom. The summed E-state index contributed by atoms with van der Waals surface area (Å²) in [6, 6.07) is 18.1. The maximum Gasteiger partial charge on any atom is 0.327 e. The number of benzene rings is 3. The molecule has 6 nitrogen and oxygen atoms in total. The van der Waals surface area contributed by atoms with Gasteiger partial charge in [-0.05, 0) is 29.7 Å². The van der Waals surface area contributed by atoms with Crippen LogP contribution in [0.2, 0.25) is 0 Å². The molecule has 0 amide bonds. The first-order valence-corrected chi connectivity index (χ1v) is 10.8. The van der Waals surface area contributed by atoms with Gasteiger partial charge in [0, 0.05) is 5.39 Å². The van der Waals surface area contributed by atoms with Crippen LogP contribution in [0.3, 0.4) is 0 Å². The van der Waals surface area contributed by atoms with Gasteiger partial charge in [0.1, 0.15) is 18.2 Å². The zero-order chi connectivity index (χ0) is 19.3. The summed E-state index contributed by atoms with van der Waals surface area (Å²) in [5.41, 5.74) is 1.35. The molecule has 28 heavy (non-hydrogen) atoms. The summed E-state index contributed by atoms with van der Waals surface area (Å²) in [6.07, 6.45) is 0. The van der Waals surface area contributed by atoms with Crippen molar-refractivity contribution in [1.82, 2.24) is 4.98 Å². The summed E-state index contributed by atoms with van der Waals surface area (Å²) in [4.78, 5) is 17.0. The number of hydrogen-bond donors (Lipinski definition) is 0. The highest BCUT2D eigenvalue weighted by atomic mass is 32.2. The number of hydrogen-bond acceptors (Lipinski definition) is 6. The summed E-state index contributed by atoms with van der Waals surface area (Å²) in [7, 11) is -3.78. The SMILES string of the molecule is O=C(CN1c2cccc3cccc(c23)S1(=O)=O)OCc1nc2ccccc2s1. The number of rotatable bonds is 4. The number of sulfonamides is 1. The Hall–Kier alpha value is -2.97. The van der Waals surface area contributed by atoms with Crippen molar-refractivity contribution in [2.75, 3.05) is 10.8 Å². The molecule has 5 rings (SSSR count). The number of carbonyl (C=O) groups is 1. The van der Waals surface area contributed by atoms with Crippen LogP contribution in [0.1, 0.15) is 5.01 Å². The second-order valence-corrected chi connectivity index (χ2v) is 9.33. The average molecular weight is 410 g/mol. The Labute approximate surface area is 165 Å². The molecule has 2 heterocycles. The van der Waals surface area contributed by atoms with Crippen LogP contribution in [-0.4, -0.2) is 25.9 Å². The van der Waals surface area contributed by atoms with Crippen molar-refractivity contribution in [3.05, 3.63) is 65.7 Å². The molecular formula is C20H14N2O4S2. The van der Waals surface area contributed by atoms with Crippen molar-refractivity contribution in [2.24, 2.45) is 0 Å². The molecule has 0 atom stereocenters. The standard InChI is InChI=1S/C20H14N2O4S2/c23-19(26-12-18-21-14-7-1-2-9-16(14)27-18)11-22-15-8-3-5-13-6-4-10-17(20(13)15)28(22,24)25/h1-10H,11-12H2. The summed E-state index contributed by atoms with van der Waals surface area (Å²) in [5, 5.41) is 2.14. The Bertz CT molecular complexity index is 1310. The summed E-state index contributed by atoms with van der Waals surface area (Å²) in [6.45, 7) is -0.357. The molecule has 1 aliphatic heterocycles. The van der Waals surface area contributed by atoms with Gasteiger partial charge in [0.05, 0.1) is 20.8 Å². The Balaban J connectivity index is 1.37. The van der Waals surface area contributed by atoms with E-state index in [9.17, 15) is 13.2 Å². The van der Waals surface area contributed by atoms with Crippen LogP contribution in [-0.2, 0) is 26.2 Å². The van der Waals surface area contributed by atoms with E-state index in [0.29, 0.717) is 16.1 Å². The zero-order valence-electron chi connectivity index (χ0n) is 14.5. The number of fused-ring (bicyclic) bond motifs is 1. The molecular weight excluding hydrogens is 396 g/mol. The van der Waals surface area contributed by atoms with Gasteiger partial charge in [-0.1, -0.05) is 36.4 Å². The van der Waals surface area contributed by atoms with Gasteiger partial charge in [0.15, 0.2) is 0 Å². The van der Waals surface area contributed by atoms with Crippen LogP contribution in [0, 0.1) is 0 Å². The second kappa shape index (κ2) is 6.29. The minimum absolute atomic E-state index is 0.0171. The van der Waals surface area contributed by atoms with Gasteiger partial charge in [-0.15, -0.1) is 11.3 Å². The van der Waals surface area contributed by atoms with Crippen molar-refractivity contribution in [3.8, 4) is 0 Å². The lowest BCUT2D eigenvalue weighted by atomic mass is 10.1. The summed E-state index contributed by atoms with van der Waals surface area (Å²) < 4.78 is 33.2. The van der Waals surface area contributed by atoms with E-state index in [1.54, 1.807) is 24.3 Å². The van der Waals surface area contributed by atoms with Crippen LogP contribution in [0.5, 0.6) is 0 Å². The molecule has 0 unspecified atom stereocenters. The van der Waals surface area contributed by atoms with E-state index in [2.05, 4.69) is 4.98 Å². The highest BCUT2D eigenvalue weighted by molar-refractivity contribution is 7.93. The van der Waals surface area contributed by atoms with Crippen LogP contribution in [0.15, 0.2) is 65.6 Å². The third-order valence-corrected chi connectivity index (χ3v) is 7.46. The normalized spacial score (nSPS) is 14.6. The van der Waals surface area contributed by atoms with E-state index in [1.807, 2.05) is 36.4 Å². The Morgan fingerprint density at radius 2 is 1.82 bits per heavy atom. The summed E-state index contributed by atoms with van der Waals surface area (Å²) in [5.74, 6) is -0.618. The molecule has 0 saturated carbocycles. The molecule has 0 radical (unpaired) electrons. The lowest BCUT2D eigenvalue weighted by Gasteiger charge is -2.17. The molecule has 3 aromatic carbocycles. The highest BCUT2D eigenvalue weighted by Crippen LogP contribution is 2.41. The average Bonchev–Trinajstić information content (AvgIpc) is 3.20. The maximum absolute atomic E-state index is 12.9. The van der Waals surface area contributed by atoms with Gasteiger partial charge in [-0.2, -0.15) is 0 Å². The van der Waals surface area contributed by atoms with E-state index in [4.69, 9.17) is 4.74 Å². The molecule has 1 aromatic heterocycles. The number of ether oxygens (including phenoxy) is 1. The number of anilines is 1. The van der Waals surface area contributed by atoms with Crippen LogP contribution < -0.4 is 4.31 Å². The van der Waals surface area contributed by atoms with Gasteiger partial charge >= 0.3 is 5.97 Å². The molecule has 4 aromatic rings. The fourth-order valence-corrected chi connectivity index (χ4v) is 5.95. The number of carbonyl (C=O) groups excluding carboxylic acids is 1. The minimum atomic E-state index is -3.78. The quantitative estimate of drug-likeness (QED) is 0.480. The number of esters is 1. The van der Waals surface area contributed by atoms with Crippen molar-refractivity contribution >= 4 is 54.0 Å². The van der Waals surface area contributed by atoms with Crippen molar-refractivity contribution in [2.45, 2.75) is 11.5 Å². The minimum Gasteiger partial charge on any atom is -0.457 e. The van der Waals surface area contributed by atoms with E-state index in [1.165, 1.54) is 11.3 Å². The first-order valence-electron chi connectivity index (χ1n) is 8.58. The van der Waals surface area contributed by atoms with Crippen molar-refractivity contribution in [1.29, 1.82) is 0 Å². The smallest absolute Gasteiger partial charge is 0.327 e. The Morgan fingerprint density at radius 3 is 2.64 bits per heavy atom. The van der Waals surface area contributed by atoms with Gasteiger partial charge in [0.25, 0.3) is 10.0 Å². The monoisotopic (exact) mass is 410 g/mol. The van der Waals surface area contributed by atoms with E-state index >= 15 is 0 Å². The number of nitrogens with zero attached hydrogens (tertiary/aromatic N) is 2. The largest absolute Gasteiger partial charge is 0.457 e. The van der Waals surface area contributed by atoms with E-state index in [0.717, 1.165) is 19.9 Å². The molecule has 0 aliphatic carbocycles. The van der Waals surface area contributed by atoms with Gasteiger partial charge in [-0.3, -0.25) is 9.10 Å². The third-order valence-electron chi connectivity index (χ3n) is 4.65. The number of aromatic nitrogens is 1. The molecule has 0 bridgehead atoms. The fraction of sp³-hybridized carbons (Fsp3) is 0.100. The van der Waals surface area contributed by atoms with Crippen LogP contribution >= 0.6 is 11.3 Å². The third kappa shape index (κ3) is 2.64. The van der Waals surface area contributed by atoms with Crippen LogP contribution in [0.4, 0.5) is 5.69 Å². The molecule has 0 saturated heterocycles. The molecule has 0 fully saturated rings. The molecule has 8 heteroatoms. The predicted octanol–water partition coefficient (Wildman–Crippen LogP) is 3.70. The van der Waals surface area contributed by atoms with Crippen molar-refractivity contribution < 1.29 is 17.9 Å². The molecule has 0 N–H and O–H groups in total. The maximum atomic E-state index is 12.9. The van der Waals surface area contributed by atoms with E-state index in [-0.39, 0.29) is 18.0 Å². The molecule has 1 aliphatic rings. The first-order chi connectivity index (χ1) is 13.5. The fourth-order valence-electron chi connectivity index (χ4n) is 3.42. The van der Waals surface area contributed by atoms with E-state index < -0.39 is 16.0 Å². The summed E-state index contributed by atoms with van der Waals surface area (Å²) >= 11 is 1.45. The number of para-hydroxylation sites is 1. The van der Waals surface area contributed by atoms with Gasteiger partial charge in [-0.25, -0.2) is 13.4 Å². The topological polar surface area (TPSA) is 76.6 Å². The lowest BCUT2D eigenvalue weighted by molar-refractivity contribution is -0.143. The predicted molar refractivity (Wildman–Crippen MR) is 108 cm³/mol. The van der Waals surface area contributed by atoms with Crippen LogP contribution in [0.25, 0.3) is 21.0 Å². The molecule has 140 valence electrons. The van der Waals surface area contributed by atoms with Gasteiger partial charge < -0.3 is 4.74 Å².